The first kappa shape index (κ1) is 11.6. The normalized spacial score (nSPS) is 9.73. The summed E-state index contributed by atoms with van der Waals surface area (Å²) in [6, 6.07) is 8.33. The predicted molar refractivity (Wildman–Crippen MR) is 67.4 cm³/mol. The molecule has 1 nitrogen and oxygen atoms in total. The molecule has 1 aromatic rings. The summed E-state index contributed by atoms with van der Waals surface area (Å²) in [6.45, 7) is 12.9. The SMILES string of the molecule is C=C(CC)NCc1ccccc1C(=C)C. The fourth-order valence-electron chi connectivity index (χ4n) is 1.44. The van der Waals surface area contributed by atoms with Gasteiger partial charge in [-0.1, -0.05) is 49.9 Å². The smallest absolute Gasteiger partial charge is 0.0403 e. The molecular weight excluding hydrogens is 182 g/mol. The Morgan fingerprint density at radius 2 is 1.93 bits per heavy atom. The van der Waals surface area contributed by atoms with Gasteiger partial charge in [0.1, 0.15) is 0 Å². The molecule has 0 saturated heterocycles. The molecule has 1 aromatic carbocycles. The van der Waals surface area contributed by atoms with Crippen molar-refractivity contribution in [3.8, 4) is 0 Å². The molecule has 0 unspecified atom stereocenters. The van der Waals surface area contributed by atoms with E-state index in [1.807, 2.05) is 13.0 Å². The molecule has 0 atom stereocenters. The summed E-state index contributed by atoms with van der Waals surface area (Å²) in [6.07, 6.45) is 0.967. The second kappa shape index (κ2) is 5.40. The van der Waals surface area contributed by atoms with Gasteiger partial charge in [-0.15, -0.1) is 0 Å². The van der Waals surface area contributed by atoms with Gasteiger partial charge in [0.15, 0.2) is 0 Å². The van der Waals surface area contributed by atoms with Gasteiger partial charge in [0.25, 0.3) is 0 Å². The Morgan fingerprint density at radius 3 is 2.53 bits per heavy atom. The molecule has 0 saturated carbocycles. The molecule has 1 heteroatoms. The quantitative estimate of drug-likeness (QED) is 0.765. The van der Waals surface area contributed by atoms with Crippen LogP contribution in [0.3, 0.4) is 0 Å². The lowest BCUT2D eigenvalue weighted by molar-refractivity contribution is 0.775. The molecule has 15 heavy (non-hydrogen) atoms. The zero-order chi connectivity index (χ0) is 11.3. The first-order valence-electron chi connectivity index (χ1n) is 5.30. The van der Waals surface area contributed by atoms with Gasteiger partial charge in [-0.05, 0) is 24.5 Å². The van der Waals surface area contributed by atoms with Crippen LogP contribution >= 0.6 is 0 Å². The third kappa shape index (κ3) is 3.28. The Balaban J connectivity index is 2.76. The van der Waals surface area contributed by atoms with Crippen LogP contribution in [-0.2, 0) is 6.54 Å². The predicted octanol–water partition coefficient (Wildman–Crippen LogP) is 3.73. The van der Waals surface area contributed by atoms with Gasteiger partial charge in [0.05, 0.1) is 0 Å². The van der Waals surface area contributed by atoms with Crippen LogP contribution in [0.4, 0.5) is 0 Å². The number of benzene rings is 1. The molecule has 0 bridgehead atoms. The monoisotopic (exact) mass is 201 g/mol. The fourth-order valence-corrected chi connectivity index (χ4v) is 1.44. The zero-order valence-electron chi connectivity index (χ0n) is 9.64. The van der Waals surface area contributed by atoms with Crippen molar-refractivity contribution in [2.24, 2.45) is 0 Å². The van der Waals surface area contributed by atoms with E-state index in [0.29, 0.717) is 0 Å². The maximum absolute atomic E-state index is 3.98. The van der Waals surface area contributed by atoms with Gasteiger partial charge in [-0.25, -0.2) is 0 Å². The van der Waals surface area contributed by atoms with Crippen LogP contribution < -0.4 is 5.32 Å². The molecule has 0 radical (unpaired) electrons. The minimum Gasteiger partial charge on any atom is -0.385 e. The first-order valence-corrected chi connectivity index (χ1v) is 5.30. The van der Waals surface area contributed by atoms with Gasteiger partial charge in [0.2, 0.25) is 0 Å². The molecule has 0 aliphatic rings. The van der Waals surface area contributed by atoms with E-state index < -0.39 is 0 Å². The zero-order valence-corrected chi connectivity index (χ0v) is 9.64. The molecule has 0 aromatic heterocycles. The second-order valence-corrected chi connectivity index (χ2v) is 3.75. The van der Waals surface area contributed by atoms with Crippen LogP contribution in [0.5, 0.6) is 0 Å². The highest BCUT2D eigenvalue weighted by molar-refractivity contribution is 5.64. The van der Waals surface area contributed by atoms with Gasteiger partial charge < -0.3 is 5.32 Å². The Kier molecular flexibility index (Phi) is 4.17. The topological polar surface area (TPSA) is 12.0 Å². The average Bonchev–Trinajstić information content (AvgIpc) is 2.26. The van der Waals surface area contributed by atoms with Crippen molar-refractivity contribution in [2.75, 3.05) is 0 Å². The van der Waals surface area contributed by atoms with Crippen LogP contribution in [0.25, 0.3) is 5.57 Å². The number of nitrogens with one attached hydrogen (secondary N) is 1. The number of hydrogen-bond acceptors (Lipinski definition) is 1. The van der Waals surface area contributed by atoms with E-state index in [1.54, 1.807) is 0 Å². The van der Waals surface area contributed by atoms with Crippen molar-refractivity contribution >= 4 is 5.57 Å². The summed E-state index contributed by atoms with van der Waals surface area (Å²) >= 11 is 0. The average molecular weight is 201 g/mol. The van der Waals surface area contributed by atoms with Crippen molar-refractivity contribution in [1.82, 2.24) is 5.32 Å². The van der Waals surface area contributed by atoms with E-state index >= 15 is 0 Å². The van der Waals surface area contributed by atoms with E-state index in [2.05, 4.69) is 43.6 Å². The summed E-state index contributed by atoms with van der Waals surface area (Å²) in [7, 11) is 0. The second-order valence-electron chi connectivity index (χ2n) is 3.75. The van der Waals surface area contributed by atoms with Gasteiger partial charge >= 0.3 is 0 Å². The molecule has 80 valence electrons. The molecule has 0 aliphatic carbocycles. The maximum Gasteiger partial charge on any atom is 0.0403 e. The van der Waals surface area contributed by atoms with E-state index in [-0.39, 0.29) is 0 Å². The molecule has 1 N–H and O–H groups in total. The van der Waals surface area contributed by atoms with Crippen molar-refractivity contribution in [3.63, 3.8) is 0 Å². The maximum atomic E-state index is 3.98. The van der Waals surface area contributed by atoms with E-state index in [1.165, 1.54) is 11.1 Å². The Hall–Kier alpha value is -1.50. The van der Waals surface area contributed by atoms with Gasteiger partial charge in [-0.3, -0.25) is 0 Å². The van der Waals surface area contributed by atoms with Crippen LogP contribution in [0.2, 0.25) is 0 Å². The van der Waals surface area contributed by atoms with Crippen molar-refractivity contribution < 1.29 is 0 Å². The lowest BCUT2D eigenvalue weighted by Gasteiger charge is -2.11. The van der Waals surface area contributed by atoms with Crippen LogP contribution in [0.15, 0.2) is 43.1 Å². The summed E-state index contributed by atoms with van der Waals surface area (Å²) in [5.41, 5.74) is 4.69. The summed E-state index contributed by atoms with van der Waals surface area (Å²) in [5, 5.41) is 3.31. The van der Waals surface area contributed by atoms with Gasteiger partial charge in [-0.2, -0.15) is 0 Å². The van der Waals surface area contributed by atoms with E-state index in [4.69, 9.17) is 0 Å². The minimum absolute atomic E-state index is 0.829. The molecule has 0 amide bonds. The summed E-state index contributed by atoms with van der Waals surface area (Å²) < 4.78 is 0. The highest BCUT2D eigenvalue weighted by Crippen LogP contribution is 2.17. The van der Waals surface area contributed by atoms with Crippen molar-refractivity contribution in [2.45, 2.75) is 26.8 Å². The highest BCUT2D eigenvalue weighted by atomic mass is 14.9. The molecule has 0 aliphatic heterocycles. The number of rotatable bonds is 5. The van der Waals surface area contributed by atoms with E-state index in [9.17, 15) is 0 Å². The Bertz CT molecular complexity index is 363. The van der Waals surface area contributed by atoms with Gasteiger partial charge in [0, 0.05) is 12.2 Å². The third-order valence-corrected chi connectivity index (χ3v) is 2.43. The summed E-state index contributed by atoms with van der Waals surface area (Å²) in [4.78, 5) is 0. The molecular formula is C14H19N. The highest BCUT2D eigenvalue weighted by Gasteiger charge is 2.01. The molecule has 0 fully saturated rings. The number of allylic oxidation sites excluding steroid dienone is 2. The van der Waals surface area contributed by atoms with E-state index in [0.717, 1.165) is 24.2 Å². The Morgan fingerprint density at radius 1 is 1.27 bits per heavy atom. The Labute approximate surface area is 92.5 Å². The minimum atomic E-state index is 0.829. The fraction of sp³-hybridized carbons (Fsp3) is 0.286. The van der Waals surface area contributed by atoms with Crippen LogP contribution in [0.1, 0.15) is 31.4 Å². The van der Waals surface area contributed by atoms with Crippen molar-refractivity contribution in [3.05, 3.63) is 54.2 Å². The lowest BCUT2D eigenvalue weighted by atomic mass is 10.0. The standard InChI is InChI=1S/C14H19N/c1-5-12(4)15-10-13-8-6-7-9-14(13)11(2)3/h6-9,15H,2,4-5,10H2,1,3H3. The number of hydrogen-bond donors (Lipinski definition) is 1. The van der Waals surface area contributed by atoms with Crippen LogP contribution in [-0.4, -0.2) is 0 Å². The first-order chi connectivity index (χ1) is 7.15. The lowest BCUT2D eigenvalue weighted by Crippen LogP contribution is -2.12. The van der Waals surface area contributed by atoms with Crippen molar-refractivity contribution in [1.29, 1.82) is 0 Å². The summed E-state index contributed by atoms with van der Waals surface area (Å²) in [5.74, 6) is 0. The van der Waals surface area contributed by atoms with Crippen LogP contribution in [0, 0.1) is 0 Å². The molecule has 1 rings (SSSR count). The molecule has 0 heterocycles. The largest absolute Gasteiger partial charge is 0.385 e. The molecule has 0 spiro atoms. The third-order valence-electron chi connectivity index (χ3n) is 2.43.